The van der Waals surface area contributed by atoms with Crippen LogP contribution in [0.1, 0.15) is 35.4 Å². The number of nitrogens with zero attached hydrogens (tertiary/aromatic N) is 2. The Hall–Kier alpha value is -2.44. The minimum Gasteiger partial charge on any atom is -0.497 e. The van der Waals surface area contributed by atoms with Crippen molar-refractivity contribution in [3.63, 3.8) is 0 Å². The first-order chi connectivity index (χ1) is 13.7. The second kappa shape index (κ2) is 8.29. The maximum absolute atomic E-state index is 13.1. The van der Waals surface area contributed by atoms with Gasteiger partial charge in [0.25, 0.3) is 0 Å². The highest BCUT2D eigenvalue weighted by atomic mass is 16.5. The van der Waals surface area contributed by atoms with Crippen LogP contribution in [0.25, 0.3) is 0 Å². The van der Waals surface area contributed by atoms with E-state index in [9.17, 15) is 4.79 Å². The van der Waals surface area contributed by atoms with Crippen molar-refractivity contribution >= 4 is 5.91 Å². The molecule has 4 rings (SSSR count). The molecule has 6 heteroatoms. The van der Waals surface area contributed by atoms with Crippen LogP contribution in [-0.2, 0) is 11.2 Å². The summed E-state index contributed by atoms with van der Waals surface area (Å²) in [5.41, 5.74) is 10.3. The molecule has 2 N–H and O–H groups in total. The van der Waals surface area contributed by atoms with E-state index in [4.69, 9.17) is 4.74 Å². The first-order valence-corrected chi connectivity index (χ1v) is 9.98. The van der Waals surface area contributed by atoms with Crippen molar-refractivity contribution < 1.29 is 9.53 Å². The SMILES string of the molecule is COc1ccc(CC(=O)N2CCCC2C2NNCC2c2ccncc2C)cc1. The molecule has 6 nitrogen and oxygen atoms in total. The summed E-state index contributed by atoms with van der Waals surface area (Å²) in [6.07, 6.45) is 6.30. The van der Waals surface area contributed by atoms with Crippen LogP contribution in [0.4, 0.5) is 0 Å². The molecule has 148 valence electrons. The minimum absolute atomic E-state index is 0.201. The molecule has 0 spiro atoms. The summed E-state index contributed by atoms with van der Waals surface area (Å²) in [4.78, 5) is 19.4. The number of hydrazine groups is 1. The number of hydrogen-bond acceptors (Lipinski definition) is 5. The first-order valence-electron chi connectivity index (χ1n) is 9.98. The molecule has 3 atom stereocenters. The number of aromatic nitrogens is 1. The Morgan fingerprint density at radius 3 is 2.86 bits per heavy atom. The lowest BCUT2D eigenvalue weighted by Gasteiger charge is -2.33. The number of nitrogens with one attached hydrogen (secondary N) is 2. The summed E-state index contributed by atoms with van der Waals surface area (Å²) >= 11 is 0. The largest absolute Gasteiger partial charge is 0.497 e. The van der Waals surface area contributed by atoms with Crippen molar-refractivity contribution in [3.8, 4) is 5.75 Å². The van der Waals surface area contributed by atoms with Gasteiger partial charge in [-0.3, -0.25) is 20.6 Å². The number of rotatable bonds is 5. The standard InChI is InChI=1S/C22H28N4O2/c1-15-13-23-10-9-18(15)19-14-24-25-22(19)20-4-3-11-26(20)21(27)12-16-5-7-17(28-2)8-6-16/h5-10,13,19-20,22,24-25H,3-4,11-12,14H2,1-2H3. The highest BCUT2D eigenvalue weighted by Gasteiger charge is 2.41. The van der Waals surface area contributed by atoms with E-state index in [2.05, 4.69) is 33.7 Å². The maximum atomic E-state index is 13.1. The van der Waals surface area contributed by atoms with Crippen molar-refractivity contribution in [2.45, 2.75) is 44.2 Å². The van der Waals surface area contributed by atoms with E-state index in [0.29, 0.717) is 12.3 Å². The van der Waals surface area contributed by atoms with E-state index < -0.39 is 0 Å². The van der Waals surface area contributed by atoms with Crippen LogP contribution in [0, 0.1) is 6.92 Å². The van der Waals surface area contributed by atoms with Gasteiger partial charge in [0.2, 0.25) is 5.91 Å². The molecule has 0 saturated carbocycles. The molecular formula is C22H28N4O2. The minimum atomic E-state index is 0.201. The average Bonchev–Trinajstić information content (AvgIpc) is 3.38. The van der Waals surface area contributed by atoms with Gasteiger partial charge in [-0.15, -0.1) is 0 Å². The van der Waals surface area contributed by atoms with Crippen LogP contribution in [0.15, 0.2) is 42.7 Å². The molecule has 0 bridgehead atoms. The van der Waals surface area contributed by atoms with Crippen LogP contribution in [0.5, 0.6) is 5.75 Å². The fraction of sp³-hybridized carbons (Fsp3) is 0.455. The molecule has 2 aromatic rings. The third-order valence-electron chi connectivity index (χ3n) is 6.04. The Morgan fingerprint density at radius 2 is 2.11 bits per heavy atom. The maximum Gasteiger partial charge on any atom is 0.227 e. The molecule has 3 heterocycles. The summed E-state index contributed by atoms with van der Waals surface area (Å²) in [6.45, 7) is 3.81. The summed E-state index contributed by atoms with van der Waals surface area (Å²) in [6, 6.07) is 10.3. The number of hydrogen-bond donors (Lipinski definition) is 2. The second-order valence-electron chi connectivity index (χ2n) is 7.71. The quantitative estimate of drug-likeness (QED) is 0.832. The number of carbonyl (C=O) groups is 1. The molecule has 2 aliphatic rings. The number of carbonyl (C=O) groups excluding carboxylic acids is 1. The van der Waals surface area contributed by atoms with Gasteiger partial charge in [0.15, 0.2) is 0 Å². The van der Waals surface area contributed by atoms with Gasteiger partial charge in [0.05, 0.1) is 13.5 Å². The molecule has 28 heavy (non-hydrogen) atoms. The van der Waals surface area contributed by atoms with E-state index in [-0.39, 0.29) is 18.0 Å². The lowest BCUT2D eigenvalue weighted by atomic mass is 9.86. The van der Waals surface area contributed by atoms with Crippen molar-refractivity contribution in [1.29, 1.82) is 0 Å². The van der Waals surface area contributed by atoms with Gasteiger partial charge in [-0.25, -0.2) is 0 Å². The Kier molecular flexibility index (Phi) is 5.59. The van der Waals surface area contributed by atoms with Gasteiger partial charge in [-0.05, 0) is 54.7 Å². The van der Waals surface area contributed by atoms with E-state index in [1.165, 1.54) is 11.1 Å². The fourth-order valence-corrected chi connectivity index (χ4v) is 4.58. The average molecular weight is 380 g/mol. The predicted octanol–water partition coefficient (Wildman–Crippen LogP) is 2.19. The fourth-order valence-electron chi connectivity index (χ4n) is 4.58. The van der Waals surface area contributed by atoms with E-state index in [1.54, 1.807) is 7.11 Å². The zero-order valence-corrected chi connectivity index (χ0v) is 16.5. The smallest absolute Gasteiger partial charge is 0.227 e. The van der Waals surface area contributed by atoms with E-state index in [0.717, 1.165) is 37.2 Å². The van der Waals surface area contributed by atoms with Crippen LogP contribution in [0.2, 0.25) is 0 Å². The molecule has 1 aromatic heterocycles. The van der Waals surface area contributed by atoms with Crippen LogP contribution >= 0.6 is 0 Å². The monoisotopic (exact) mass is 380 g/mol. The Labute approximate surface area is 166 Å². The summed E-state index contributed by atoms with van der Waals surface area (Å²) in [5, 5.41) is 0. The second-order valence-corrected chi connectivity index (χ2v) is 7.71. The molecule has 0 radical (unpaired) electrons. The zero-order valence-electron chi connectivity index (χ0n) is 16.5. The lowest BCUT2D eigenvalue weighted by Crippen LogP contribution is -2.50. The first kappa shape index (κ1) is 18.9. The molecule has 3 unspecified atom stereocenters. The highest BCUT2D eigenvalue weighted by Crippen LogP contribution is 2.32. The summed E-state index contributed by atoms with van der Waals surface area (Å²) in [7, 11) is 1.65. The molecule has 2 fully saturated rings. The number of benzene rings is 1. The van der Waals surface area contributed by atoms with E-state index in [1.807, 2.05) is 36.7 Å². The number of aryl methyl sites for hydroxylation is 1. The van der Waals surface area contributed by atoms with Gasteiger partial charge >= 0.3 is 0 Å². The van der Waals surface area contributed by atoms with Crippen molar-refractivity contribution in [2.24, 2.45) is 0 Å². The third-order valence-corrected chi connectivity index (χ3v) is 6.04. The van der Waals surface area contributed by atoms with Gasteiger partial charge in [0, 0.05) is 43.5 Å². The Morgan fingerprint density at radius 1 is 1.29 bits per heavy atom. The van der Waals surface area contributed by atoms with Crippen LogP contribution < -0.4 is 15.6 Å². The third kappa shape index (κ3) is 3.75. The van der Waals surface area contributed by atoms with Crippen LogP contribution in [0.3, 0.4) is 0 Å². The van der Waals surface area contributed by atoms with Crippen molar-refractivity contribution in [3.05, 3.63) is 59.4 Å². The Balaban J connectivity index is 1.49. The predicted molar refractivity (Wildman–Crippen MR) is 108 cm³/mol. The van der Waals surface area contributed by atoms with Crippen molar-refractivity contribution in [1.82, 2.24) is 20.7 Å². The summed E-state index contributed by atoms with van der Waals surface area (Å²) in [5.74, 6) is 1.35. The topological polar surface area (TPSA) is 66.5 Å². The normalized spacial score (nSPS) is 24.5. The molecule has 1 aromatic carbocycles. The Bertz CT molecular complexity index is 824. The molecule has 2 saturated heterocycles. The number of methoxy groups -OCH3 is 1. The van der Waals surface area contributed by atoms with Crippen LogP contribution in [-0.4, -0.2) is 48.1 Å². The highest BCUT2D eigenvalue weighted by molar-refractivity contribution is 5.79. The molecule has 1 amide bonds. The zero-order chi connectivity index (χ0) is 19.5. The molecule has 0 aliphatic carbocycles. The molecule has 2 aliphatic heterocycles. The number of ether oxygens (including phenoxy) is 1. The number of likely N-dealkylation sites (tertiary alicyclic amines) is 1. The number of amides is 1. The summed E-state index contributed by atoms with van der Waals surface area (Å²) < 4.78 is 5.21. The number of pyridine rings is 1. The van der Waals surface area contributed by atoms with Crippen molar-refractivity contribution in [2.75, 3.05) is 20.2 Å². The van der Waals surface area contributed by atoms with Gasteiger partial charge < -0.3 is 9.64 Å². The van der Waals surface area contributed by atoms with Gasteiger partial charge in [-0.1, -0.05) is 12.1 Å². The molecular weight excluding hydrogens is 352 g/mol. The van der Waals surface area contributed by atoms with Gasteiger partial charge in [-0.2, -0.15) is 0 Å². The lowest BCUT2D eigenvalue weighted by molar-refractivity contribution is -0.131. The van der Waals surface area contributed by atoms with Gasteiger partial charge in [0.1, 0.15) is 5.75 Å². The van der Waals surface area contributed by atoms with E-state index >= 15 is 0 Å².